The number of rotatable bonds is 2. The lowest BCUT2D eigenvalue weighted by Crippen LogP contribution is -2.46. The number of anilines is 1. The Balaban J connectivity index is 1.85. The summed E-state index contributed by atoms with van der Waals surface area (Å²) < 4.78 is 2.17. The first-order valence-corrected chi connectivity index (χ1v) is 7.99. The Labute approximate surface area is 134 Å². The van der Waals surface area contributed by atoms with Crippen LogP contribution in [-0.4, -0.2) is 34.1 Å². The van der Waals surface area contributed by atoms with Crippen LogP contribution in [0.2, 0.25) is 4.34 Å². The SMILES string of the molecule is CN1Sc2cc(Cl)sc2C(=O)C1C(=O)Nc1ccccn1. The van der Waals surface area contributed by atoms with Gasteiger partial charge >= 0.3 is 0 Å². The molecule has 1 amide bonds. The summed E-state index contributed by atoms with van der Waals surface area (Å²) in [7, 11) is 1.71. The number of amides is 1. The maximum absolute atomic E-state index is 12.5. The van der Waals surface area contributed by atoms with Crippen molar-refractivity contribution in [2.45, 2.75) is 10.9 Å². The summed E-state index contributed by atoms with van der Waals surface area (Å²) in [6.07, 6.45) is 1.58. The molecule has 5 nitrogen and oxygen atoms in total. The smallest absolute Gasteiger partial charge is 0.251 e. The summed E-state index contributed by atoms with van der Waals surface area (Å²) in [6, 6.07) is 6.04. The van der Waals surface area contributed by atoms with Gasteiger partial charge < -0.3 is 5.32 Å². The number of hydrogen-bond donors (Lipinski definition) is 1. The van der Waals surface area contributed by atoms with Gasteiger partial charge in [-0.25, -0.2) is 9.29 Å². The maximum Gasteiger partial charge on any atom is 0.251 e. The quantitative estimate of drug-likeness (QED) is 0.673. The van der Waals surface area contributed by atoms with Crippen LogP contribution in [0.15, 0.2) is 35.4 Å². The molecule has 1 N–H and O–H groups in total. The predicted octanol–water partition coefficient (Wildman–Crippen LogP) is 2.94. The number of fused-ring (bicyclic) bond motifs is 1. The third-order valence-electron chi connectivity index (χ3n) is 2.91. The summed E-state index contributed by atoms with van der Waals surface area (Å²) in [5.74, 6) is -0.218. The molecule has 2 aromatic rings. The van der Waals surface area contributed by atoms with Crippen LogP contribution in [-0.2, 0) is 4.79 Å². The number of pyridine rings is 1. The number of ketones is 1. The maximum atomic E-state index is 12.5. The van der Waals surface area contributed by atoms with E-state index in [1.807, 2.05) is 0 Å². The van der Waals surface area contributed by atoms with Crippen molar-refractivity contribution < 1.29 is 9.59 Å². The Morgan fingerprint density at radius 1 is 1.48 bits per heavy atom. The number of halogens is 1. The minimum atomic E-state index is -0.890. The van der Waals surface area contributed by atoms with E-state index in [2.05, 4.69) is 10.3 Å². The summed E-state index contributed by atoms with van der Waals surface area (Å²) in [5.41, 5.74) is 0. The number of aromatic nitrogens is 1. The number of Topliss-reactive ketones (excluding diaryl/α,β-unsaturated/α-hetero) is 1. The van der Waals surface area contributed by atoms with Gasteiger partial charge in [-0.15, -0.1) is 11.3 Å². The zero-order chi connectivity index (χ0) is 15.0. The van der Waals surface area contributed by atoms with Gasteiger partial charge in [0.05, 0.1) is 9.21 Å². The second kappa shape index (κ2) is 5.76. The Morgan fingerprint density at radius 2 is 2.29 bits per heavy atom. The van der Waals surface area contributed by atoms with Crippen LogP contribution in [0, 0.1) is 0 Å². The van der Waals surface area contributed by atoms with Gasteiger partial charge in [-0.3, -0.25) is 9.59 Å². The lowest BCUT2D eigenvalue weighted by molar-refractivity contribution is -0.118. The van der Waals surface area contributed by atoms with Crippen LogP contribution >= 0.6 is 34.9 Å². The molecule has 0 radical (unpaired) electrons. The molecule has 21 heavy (non-hydrogen) atoms. The van der Waals surface area contributed by atoms with Crippen LogP contribution in [0.3, 0.4) is 0 Å². The van der Waals surface area contributed by atoms with Crippen molar-refractivity contribution >= 4 is 52.4 Å². The van der Waals surface area contributed by atoms with E-state index in [0.29, 0.717) is 15.0 Å². The van der Waals surface area contributed by atoms with E-state index < -0.39 is 11.9 Å². The molecule has 0 saturated heterocycles. The van der Waals surface area contributed by atoms with Gasteiger partial charge in [-0.1, -0.05) is 17.7 Å². The molecule has 0 saturated carbocycles. The van der Waals surface area contributed by atoms with Crippen molar-refractivity contribution in [3.8, 4) is 0 Å². The van der Waals surface area contributed by atoms with Crippen molar-refractivity contribution in [3.05, 3.63) is 39.7 Å². The van der Waals surface area contributed by atoms with Gasteiger partial charge in [0.15, 0.2) is 6.04 Å². The van der Waals surface area contributed by atoms with Crippen molar-refractivity contribution in [1.29, 1.82) is 0 Å². The molecular weight excluding hydrogens is 330 g/mol. The van der Waals surface area contributed by atoms with Crippen LogP contribution in [0.25, 0.3) is 0 Å². The van der Waals surface area contributed by atoms with Crippen molar-refractivity contribution in [2.24, 2.45) is 0 Å². The molecule has 1 aliphatic rings. The molecule has 3 rings (SSSR count). The van der Waals surface area contributed by atoms with E-state index in [0.717, 1.165) is 4.90 Å². The first kappa shape index (κ1) is 14.5. The van der Waals surface area contributed by atoms with Gasteiger partial charge in [-0.05, 0) is 37.2 Å². The van der Waals surface area contributed by atoms with E-state index in [-0.39, 0.29) is 5.78 Å². The van der Waals surface area contributed by atoms with E-state index >= 15 is 0 Å². The summed E-state index contributed by atoms with van der Waals surface area (Å²) >= 11 is 8.49. The molecule has 0 fully saturated rings. The van der Waals surface area contributed by atoms with Gasteiger partial charge in [0.2, 0.25) is 5.78 Å². The van der Waals surface area contributed by atoms with Gasteiger partial charge in [-0.2, -0.15) is 0 Å². The second-order valence-electron chi connectivity index (χ2n) is 4.35. The van der Waals surface area contributed by atoms with Crippen molar-refractivity contribution in [2.75, 3.05) is 12.4 Å². The van der Waals surface area contributed by atoms with Gasteiger partial charge in [0.1, 0.15) is 5.82 Å². The molecule has 3 heterocycles. The van der Waals surface area contributed by atoms with E-state index in [1.165, 1.54) is 23.3 Å². The average molecular weight is 340 g/mol. The fourth-order valence-corrected chi connectivity index (χ4v) is 4.42. The molecule has 0 aromatic carbocycles. The first-order chi connectivity index (χ1) is 10.1. The number of nitrogens with one attached hydrogen (secondary N) is 1. The topological polar surface area (TPSA) is 62.3 Å². The average Bonchev–Trinajstić information content (AvgIpc) is 2.80. The Hall–Kier alpha value is -1.41. The molecule has 8 heteroatoms. The van der Waals surface area contributed by atoms with Crippen LogP contribution in [0.5, 0.6) is 0 Å². The molecule has 1 atom stereocenters. The Kier molecular flexibility index (Phi) is 3.99. The number of hydrogen-bond acceptors (Lipinski definition) is 6. The van der Waals surface area contributed by atoms with Crippen LogP contribution in [0.1, 0.15) is 9.67 Å². The van der Waals surface area contributed by atoms with Gasteiger partial charge in [0, 0.05) is 11.1 Å². The zero-order valence-corrected chi connectivity index (χ0v) is 13.3. The zero-order valence-electron chi connectivity index (χ0n) is 10.9. The number of thiophene rings is 1. The predicted molar refractivity (Wildman–Crippen MR) is 83.9 cm³/mol. The monoisotopic (exact) mass is 339 g/mol. The fraction of sp³-hybridized carbons (Fsp3) is 0.154. The molecule has 1 aliphatic heterocycles. The minimum absolute atomic E-state index is 0.239. The van der Waals surface area contributed by atoms with Crippen molar-refractivity contribution in [1.82, 2.24) is 9.29 Å². The van der Waals surface area contributed by atoms with E-state index in [4.69, 9.17) is 11.6 Å². The molecule has 0 aliphatic carbocycles. The number of carbonyl (C=O) groups is 2. The van der Waals surface area contributed by atoms with Crippen molar-refractivity contribution in [3.63, 3.8) is 0 Å². The molecule has 108 valence electrons. The largest absolute Gasteiger partial charge is 0.309 e. The molecular formula is C13H10ClN3O2S2. The second-order valence-corrected chi connectivity index (χ2v) is 7.23. The third-order valence-corrected chi connectivity index (χ3v) is 5.34. The summed E-state index contributed by atoms with van der Waals surface area (Å²) in [6.45, 7) is 0. The third kappa shape index (κ3) is 2.82. The number of likely N-dealkylation sites (N-methyl/N-ethyl adjacent to an activating group) is 1. The molecule has 0 spiro atoms. The highest BCUT2D eigenvalue weighted by molar-refractivity contribution is 7.97. The standard InChI is InChI=1S/C13H10ClN3O2S2/c1-17-10(13(19)16-9-4-2-3-5-15-9)11(18)12-7(21-17)6-8(14)20-12/h2-6,10H,1H3,(H,15,16,19). The van der Waals surface area contributed by atoms with Gasteiger partial charge in [0.25, 0.3) is 5.91 Å². The molecule has 0 bridgehead atoms. The Morgan fingerprint density at radius 3 is 3.00 bits per heavy atom. The Bertz CT molecular complexity index is 705. The first-order valence-electron chi connectivity index (χ1n) is 6.02. The highest BCUT2D eigenvalue weighted by Crippen LogP contribution is 2.41. The number of carbonyl (C=O) groups excluding carboxylic acids is 2. The molecule has 1 unspecified atom stereocenters. The lowest BCUT2D eigenvalue weighted by atomic mass is 10.1. The van der Waals surface area contributed by atoms with E-state index in [9.17, 15) is 9.59 Å². The minimum Gasteiger partial charge on any atom is -0.309 e. The van der Waals surface area contributed by atoms with Crippen LogP contribution < -0.4 is 5.32 Å². The highest BCUT2D eigenvalue weighted by atomic mass is 35.5. The van der Waals surface area contributed by atoms with Crippen LogP contribution in [0.4, 0.5) is 5.82 Å². The normalized spacial score (nSPS) is 18.4. The molecule has 2 aromatic heterocycles. The fourth-order valence-electron chi connectivity index (χ4n) is 2.00. The summed E-state index contributed by atoms with van der Waals surface area (Å²) in [4.78, 5) is 30.2. The summed E-state index contributed by atoms with van der Waals surface area (Å²) in [5, 5.41) is 2.66. The van der Waals surface area contributed by atoms with E-state index in [1.54, 1.807) is 41.8 Å². The number of nitrogens with zero attached hydrogens (tertiary/aromatic N) is 2. The highest BCUT2D eigenvalue weighted by Gasteiger charge is 2.39. The lowest BCUT2D eigenvalue weighted by Gasteiger charge is -2.28.